The average Bonchev–Trinajstić information content (AvgIpc) is 2.70. The first-order valence-corrected chi connectivity index (χ1v) is 6.69. The maximum absolute atomic E-state index is 13.5. The number of ether oxygens (including phenoxy) is 2. The van der Waals surface area contributed by atoms with E-state index in [-0.39, 0.29) is 5.56 Å². The Morgan fingerprint density at radius 2 is 1.84 bits per heavy atom. The van der Waals surface area contributed by atoms with Crippen molar-refractivity contribution in [1.82, 2.24) is 0 Å². The molecule has 106 valence electrons. The molecule has 6 heteroatoms. The van der Waals surface area contributed by atoms with Gasteiger partial charge in [0.1, 0.15) is 0 Å². The van der Waals surface area contributed by atoms with Crippen molar-refractivity contribution in [2.75, 3.05) is 6.61 Å². The maximum atomic E-state index is 13.5. The lowest BCUT2D eigenvalue weighted by Gasteiger charge is -2.32. The molecule has 0 N–H and O–H groups in total. The number of alkyl halides is 3. The van der Waals surface area contributed by atoms with E-state index in [2.05, 4.69) is 15.9 Å². The number of halogens is 4. The fourth-order valence-corrected chi connectivity index (χ4v) is 2.29. The highest BCUT2D eigenvalue weighted by Gasteiger charge is 2.64. The van der Waals surface area contributed by atoms with Crippen LogP contribution < -0.4 is 0 Å². The minimum absolute atomic E-state index is 0.0559. The van der Waals surface area contributed by atoms with Crippen LogP contribution in [0.2, 0.25) is 0 Å². The van der Waals surface area contributed by atoms with Crippen LogP contribution in [-0.2, 0) is 15.1 Å². The van der Waals surface area contributed by atoms with E-state index in [1.807, 2.05) is 0 Å². The summed E-state index contributed by atoms with van der Waals surface area (Å²) in [6.45, 7) is 2.73. The Balaban J connectivity index is 2.46. The molecule has 0 aromatic heterocycles. The molecule has 2 unspecified atom stereocenters. The van der Waals surface area contributed by atoms with E-state index in [1.165, 1.54) is 19.1 Å². The second-order valence-electron chi connectivity index (χ2n) is 4.71. The van der Waals surface area contributed by atoms with Crippen LogP contribution in [-0.4, -0.2) is 18.6 Å². The molecule has 0 saturated carbocycles. The largest absolute Gasteiger partial charge is 0.424 e. The molecule has 0 bridgehead atoms. The van der Waals surface area contributed by atoms with Crippen LogP contribution >= 0.6 is 15.9 Å². The van der Waals surface area contributed by atoms with E-state index in [0.29, 0.717) is 10.9 Å². The molecule has 2 atom stereocenters. The molecule has 1 aliphatic rings. The van der Waals surface area contributed by atoms with Crippen molar-refractivity contribution in [1.29, 1.82) is 0 Å². The summed E-state index contributed by atoms with van der Waals surface area (Å²) in [4.78, 5) is 0. The second kappa shape index (κ2) is 4.75. The predicted molar refractivity (Wildman–Crippen MR) is 67.6 cm³/mol. The van der Waals surface area contributed by atoms with Crippen molar-refractivity contribution in [3.63, 3.8) is 0 Å². The fourth-order valence-electron chi connectivity index (χ4n) is 2.02. The highest BCUT2D eigenvalue weighted by Crippen LogP contribution is 2.50. The zero-order valence-electron chi connectivity index (χ0n) is 10.6. The summed E-state index contributed by atoms with van der Waals surface area (Å²) in [5, 5.41) is 0. The van der Waals surface area contributed by atoms with Crippen LogP contribution in [0.1, 0.15) is 25.8 Å². The summed E-state index contributed by atoms with van der Waals surface area (Å²) in [5.74, 6) is -1.21. The molecule has 0 aliphatic carbocycles. The molecule has 0 radical (unpaired) electrons. The van der Waals surface area contributed by atoms with E-state index >= 15 is 0 Å². The number of hydrogen-bond donors (Lipinski definition) is 0. The number of benzene rings is 1. The van der Waals surface area contributed by atoms with Crippen molar-refractivity contribution < 1.29 is 22.6 Å². The molecule has 2 nitrogen and oxygen atoms in total. The topological polar surface area (TPSA) is 18.5 Å². The summed E-state index contributed by atoms with van der Waals surface area (Å²) >= 11 is 3.20. The average molecular weight is 339 g/mol. The van der Waals surface area contributed by atoms with Crippen molar-refractivity contribution >= 4 is 15.9 Å². The minimum Gasteiger partial charge on any atom is -0.346 e. The Morgan fingerprint density at radius 1 is 1.26 bits per heavy atom. The Labute approximate surface area is 118 Å². The second-order valence-corrected chi connectivity index (χ2v) is 5.63. The lowest BCUT2D eigenvalue weighted by molar-refractivity contribution is -0.293. The summed E-state index contributed by atoms with van der Waals surface area (Å²) < 4.78 is 51.7. The summed E-state index contributed by atoms with van der Waals surface area (Å²) in [7, 11) is 0. The monoisotopic (exact) mass is 338 g/mol. The molecule has 0 amide bonds. The lowest BCUT2D eigenvalue weighted by Crippen LogP contribution is -2.46. The molecule has 2 rings (SSSR count). The van der Waals surface area contributed by atoms with E-state index in [1.54, 1.807) is 19.1 Å². The van der Waals surface area contributed by atoms with E-state index in [9.17, 15) is 13.2 Å². The van der Waals surface area contributed by atoms with Gasteiger partial charge in [0.05, 0.1) is 6.61 Å². The molecular formula is C13H14BrF3O2. The molecule has 1 aliphatic heterocycles. The van der Waals surface area contributed by atoms with Gasteiger partial charge in [-0.15, -0.1) is 0 Å². The lowest BCUT2D eigenvalue weighted by atomic mass is 9.94. The Kier molecular flexibility index (Phi) is 3.70. The highest BCUT2D eigenvalue weighted by atomic mass is 79.9. The summed E-state index contributed by atoms with van der Waals surface area (Å²) in [6, 6.07) is 5.94. The van der Waals surface area contributed by atoms with Gasteiger partial charge in [-0.1, -0.05) is 35.0 Å². The van der Waals surface area contributed by atoms with Crippen LogP contribution in [0.15, 0.2) is 28.7 Å². The van der Waals surface area contributed by atoms with Gasteiger partial charge < -0.3 is 9.47 Å². The Morgan fingerprint density at radius 3 is 2.26 bits per heavy atom. The normalized spacial score (nSPS) is 31.7. The SMILES string of the molecule is CCC1(C)OCC(c2ccc(Br)cc2)(C(F)(F)F)O1. The number of rotatable bonds is 2. The third-order valence-corrected chi connectivity index (χ3v) is 3.91. The molecule has 1 fully saturated rings. The molecule has 1 saturated heterocycles. The van der Waals surface area contributed by atoms with Crippen molar-refractivity contribution in [2.24, 2.45) is 0 Å². The van der Waals surface area contributed by atoms with Gasteiger partial charge in [0.2, 0.25) is 5.60 Å². The third kappa shape index (κ3) is 2.53. The molecule has 1 aromatic carbocycles. The maximum Gasteiger partial charge on any atom is 0.424 e. The van der Waals surface area contributed by atoms with Gasteiger partial charge in [-0.05, 0) is 31.0 Å². The van der Waals surface area contributed by atoms with Gasteiger partial charge in [-0.25, -0.2) is 0 Å². The Hall–Kier alpha value is -0.590. The molecule has 1 heterocycles. The van der Waals surface area contributed by atoms with Gasteiger partial charge in [-0.3, -0.25) is 0 Å². The van der Waals surface area contributed by atoms with Crippen LogP contribution in [0.4, 0.5) is 13.2 Å². The molecule has 19 heavy (non-hydrogen) atoms. The van der Waals surface area contributed by atoms with Crippen LogP contribution in [0, 0.1) is 0 Å². The Bertz CT molecular complexity index is 460. The molecule has 0 spiro atoms. The van der Waals surface area contributed by atoms with E-state index < -0.39 is 24.2 Å². The van der Waals surface area contributed by atoms with Crippen LogP contribution in [0.3, 0.4) is 0 Å². The number of hydrogen-bond acceptors (Lipinski definition) is 2. The first-order chi connectivity index (χ1) is 8.72. The zero-order chi connectivity index (χ0) is 14.3. The van der Waals surface area contributed by atoms with Gasteiger partial charge in [0.25, 0.3) is 0 Å². The first-order valence-electron chi connectivity index (χ1n) is 5.89. The van der Waals surface area contributed by atoms with Crippen molar-refractivity contribution in [2.45, 2.75) is 37.8 Å². The highest BCUT2D eigenvalue weighted by molar-refractivity contribution is 9.10. The van der Waals surface area contributed by atoms with Crippen molar-refractivity contribution in [3.05, 3.63) is 34.3 Å². The van der Waals surface area contributed by atoms with Gasteiger partial charge in [0, 0.05) is 4.47 Å². The van der Waals surface area contributed by atoms with Crippen LogP contribution in [0.5, 0.6) is 0 Å². The quantitative estimate of drug-likeness (QED) is 0.796. The summed E-state index contributed by atoms with van der Waals surface area (Å²) in [5.41, 5.74) is -2.33. The predicted octanol–water partition coefficient (Wildman–Crippen LogP) is 4.38. The first kappa shape index (κ1) is 14.8. The smallest absolute Gasteiger partial charge is 0.346 e. The van der Waals surface area contributed by atoms with E-state index in [4.69, 9.17) is 9.47 Å². The zero-order valence-corrected chi connectivity index (χ0v) is 12.1. The third-order valence-electron chi connectivity index (χ3n) is 3.38. The van der Waals surface area contributed by atoms with Gasteiger partial charge >= 0.3 is 6.18 Å². The van der Waals surface area contributed by atoms with E-state index in [0.717, 1.165) is 0 Å². The van der Waals surface area contributed by atoms with Gasteiger partial charge in [0.15, 0.2) is 5.79 Å². The van der Waals surface area contributed by atoms with Crippen molar-refractivity contribution in [3.8, 4) is 0 Å². The molecule has 1 aromatic rings. The van der Waals surface area contributed by atoms with Gasteiger partial charge in [-0.2, -0.15) is 13.2 Å². The standard InChI is InChI=1S/C13H14BrF3O2/c1-3-11(2)18-8-12(19-11,13(15,16)17)9-4-6-10(14)7-5-9/h4-7H,3,8H2,1-2H3. The van der Waals surface area contributed by atoms with Crippen LogP contribution in [0.25, 0.3) is 0 Å². The molecular weight excluding hydrogens is 325 g/mol. The fraction of sp³-hybridized carbons (Fsp3) is 0.538. The summed E-state index contributed by atoms with van der Waals surface area (Å²) in [6.07, 6.45) is -4.19. The minimum atomic E-state index is -4.53.